The van der Waals surface area contributed by atoms with Gasteiger partial charge in [-0.3, -0.25) is 13.8 Å². The van der Waals surface area contributed by atoms with Crippen molar-refractivity contribution in [3.05, 3.63) is 36.5 Å². The van der Waals surface area contributed by atoms with Crippen molar-refractivity contribution in [2.75, 3.05) is 40.9 Å². The molecule has 42 heavy (non-hydrogen) atoms. The van der Waals surface area contributed by atoms with E-state index >= 15 is 0 Å². The normalized spacial score (nSPS) is 15.5. The molecule has 0 rings (SSSR count). The molecule has 0 aromatic heterocycles. The third-order valence-corrected chi connectivity index (χ3v) is 7.80. The third-order valence-electron chi connectivity index (χ3n) is 6.81. The molecular weight excluding hydrogens is 551 g/mol. The molecule has 0 aromatic rings. The second-order valence-corrected chi connectivity index (χ2v) is 13.6. The molecule has 3 N–H and O–H groups in total. The number of unbranched alkanes of at least 4 members (excludes halogenated alkanes) is 11. The number of allylic oxidation sites excluding steroid dienone is 5. The van der Waals surface area contributed by atoms with Crippen LogP contribution >= 0.6 is 7.82 Å². The van der Waals surface area contributed by atoms with Crippen LogP contribution in [0.1, 0.15) is 117 Å². The molecule has 0 saturated carbocycles. The Bertz CT molecular complexity index is 794. The number of phosphoric acid groups is 1. The van der Waals surface area contributed by atoms with Gasteiger partial charge in [-0.05, 0) is 51.4 Å². The molecule has 246 valence electrons. The minimum absolute atomic E-state index is 0.0532. The summed E-state index contributed by atoms with van der Waals surface area (Å²) in [4.78, 5) is 22.8. The maximum atomic E-state index is 12.7. The van der Waals surface area contributed by atoms with Crippen LogP contribution in [-0.2, 0) is 18.4 Å². The summed E-state index contributed by atoms with van der Waals surface area (Å²) in [6.07, 6.45) is 28.0. The van der Waals surface area contributed by atoms with Gasteiger partial charge in [0.15, 0.2) is 0 Å². The molecule has 0 aliphatic carbocycles. The average molecular weight is 616 g/mol. The van der Waals surface area contributed by atoms with Gasteiger partial charge in [-0.15, -0.1) is 0 Å². The summed E-state index contributed by atoms with van der Waals surface area (Å²) in [6, 6.07) is -0.861. The summed E-state index contributed by atoms with van der Waals surface area (Å²) in [5.74, 6) is -0.205. The number of phosphoric ester groups is 1. The van der Waals surface area contributed by atoms with E-state index in [-0.39, 0.29) is 19.1 Å². The van der Waals surface area contributed by atoms with E-state index in [1.54, 1.807) is 6.08 Å². The van der Waals surface area contributed by atoms with E-state index < -0.39 is 20.0 Å². The van der Waals surface area contributed by atoms with Crippen molar-refractivity contribution >= 4 is 13.7 Å². The van der Waals surface area contributed by atoms with Gasteiger partial charge in [-0.25, -0.2) is 4.57 Å². The summed E-state index contributed by atoms with van der Waals surface area (Å²) >= 11 is 0. The fourth-order valence-corrected chi connectivity index (χ4v) is 4.85. The van der Waals surface area contributed by atoms with Crippen LogP contribution in [0.25, 0.3) is 0 Å². The second-order valence-electron chi connectivity index (χ2n) is 12.2. The van der Waals surface area contributed by atoms with Gasteiger partial charge < -0.3 is 19.8 Å². The highest BCUT2D eigenvalue weighted by molar-refractivity contribution is 7.47. The summed E-state index contributed by atoms with van der Waals surface area (Å²) in [5, 5.41) is 13.5. The smallest absolute Gasteiger partial charge is 0.387 e. The Morgan fingerprint density at radius 1 is 0.786 bits per heavy atom. The molecule has 0 spiro atoms. The number of quaternary nitrogens is 1. The number of carbonyl (C=O) groups excluding carboxylic acids is 1. The van der Waals surface area contributed by atoms with E-state index in [0.717, 1.165) is 57.8 Å². The SMILES string of the molecule is CCC/C=C/CC/C=C/C(O)C(COP(=O)(O)OCC[N+](C)(C)C)NC(=O)CCCCCCC/C=C\CCCCCC. The highest BCUT2D eigenvalue weighted by atomic mass is 31.2. The highest BCUT2D eigenvalue weighted by Crippen LogP contribution is 2.43. The van der Waals surface area contributed by atoms with E-state index in [0.29, 0.717) is 17.4 Å². The van der Waals surface area contributed by atoms with Gasteiger partial charge in [-0.2, -0.15) is 0 Å². The van der Waals surface area contributed by atoms with Crippen LogP contribution in [-0.4, -0.2) is 73.4 Å². The van der Waals surface area contributed by atoms with Crippen LogP contribution in [0.15, 0.2) is 36.5 Å². The first-order valence-corrected chi connectivity index (χ1v) is 17.9. The largest absolute Gasteiger partial charge is 0.472 e. The number of hydrogen-bond donors (Lipinski definition) is 3. The Kier molecular flexibility index (Phi) is 25.4. The molecule has 3 atom stereocenters. The first-order valence-electron chi connectivity index (χ1n) is 16.4. The van der Waals surface area contributed by atoms with E-state index in [4.69, 9.17) is 9.05 Å². The molecule has 0 aliphatic rings. The number of nitrogens with one attached hydrogen (secondary N) is 1. The van der Waals surface area contributed by atoms with Crippen molar-refractivity contribution in [3.8, 4) is 0 Å². The quantitative estimate of drug-likeness (QED) is 0.0362. The lowest BCUT2D eigenvalue weighted by molar-refractivity contribution is -0.870. The first kappa shape index (κ1) is 40.7. The monoisotopic (exact) mass is 615 g/mol. The van der Waals surface area contributed by atoms with E-state index in [1.807, 2.05) is 27.2 Å². The van der Waals surface area contributed by atoms with Crippen molar-refractivity contribution in [2.45, 2.75) is 129 Å². The average Bonchev–Trinajstić information content (AvgIpc) is 2.92. The summed E-state index contributed by atoms with van der Waals surface area (Å²) in [7, 11) is 1.54. The molecule has 8 nitrogen and oxygen atoms in total. The van der Waals surface area contributed by atoms with Crippen LogP contribution in [0.2, 0.25) is 0 Å². The van der Waals surface area contributed by atoms with Gasteiger partial charge >= 0.3 is 7.82 Å². The molecule has 0 radical (unpaired) electrons. The van der Waals surface area contributed by atoms with Gasteiger partial charge in [0.2, 0.25) is 5.91 Å². The van der Waals surface area contributed by atoms with Gasteiger partial charge in [0.05, 0.1) is 39.9 Å². The Balaban J connectivity index is 4.59. The zero-order valence-corrected chi connectivity index (χ0v) is 28.4. The van der Waals surface area contributed by atoms with Crippen molar-refractivity contribution < 1.29 is 32.9 Å². The van der Waals surface area contributed by atoms with Gasteiger partial charge in [-0.1, -0.05) is 95.2 Å². The minimum atomic E-state index is -4.32. The first-order chi connectivity index (χ1) is 20.0. The molecule has 3 unspecified atom stereocenters. The number of amides is 1. The zero-order chi connectivity index (χ0) is 31.5. The number of rotatable bonds is 28. The Labute approximate surface area is 257 Å². The lowest BCUT2D eigenvalue weighted by Gasteiger charge is -2.25. The fourth-order valence-electron chi connectivity index (χ4n) is 4.11. The predicted molar refractivity (Wildman–Crippen MR) is 175 cm³/mol. The summed E-state index contributed by atoms with van der Waals surface area (Å²) in [5.41, 5.74) is 0. The lowest BCUT2D eigenvalue weighted by atomic mass is 10.1. The maximum absolute atomic E-state index is 12.7. The molecular formula is C33H64N2O6P+. The number of likely N-dealkylation sites (N-methyl/N-ethyl adjacent to an activating group) is 1. The number of nitrogens with zero attached hydrogens (tertiary/aromatic N) is 1. The van der Waals surface area contributed by atoms with Crippen LogP contribution in [0.5, 0.6) is 0 Å². The van der Waals surface area contributed by atoms with Crippen molar-refractivity contribution in [3.63, 3.8) is 0 Å². The second kappa shape index (κ2) is 26.2. The van der Waals surface area contributed by atoms with Crippen molar-refractivity contribution in [1.29, 1.82) is 0 Å². The molecule has 0 aromatic carbocycles. The van der Waals surface area contributed by atoms with E-state index in [1.165, 1.54) is 38.5 Å². The molecule has 0 saturated heterocycles. The highest BCUT2D eigenvalue weighted by Gasteiger charge is 2.27. The fraction of sp³-hybridized carbons (Fsp3) is 0.788. The minimum Gasteiger partial charge on any atom is -0.387 e. The van der Waals surface area contributed by atoms with Crippen LogP contribution in [0.3, 0.4) is 0 Å². The van der Waals surface area contributed by atoms with Crippen molar-refractivity contribution in [1.82, 2.24) is 5.32 Å². The third kappa shape index (κ3) is 27.5. The standard InChI is InChI=1S/C33H63N2O6P/c1-6-8-10-12-14-15-16-17-18-19-21-23-25-27-33(37)34-31(32(36)26-24-22-20-13-11-9-7-2)30-41-42(38,39)40-29-28-35(3,4)5/h11,13,15-16,24,26,31-32,36H,6-10,12,14,17-23,25,27-30H2,1-5H3,(H-,34,37,38,39)/p+1/b13-11+,16-15-,26-24+. The summed E-state index contributed by atoms with van der Waals surface area (Å²) in [6.45, 7) is 4.61. The molecule has 0 fully saturated rings. The topological polar surface area (TPSA) is 105 Å². The van der Waals surface area contributed by atoms with E-state index in [9.17, 15) is 19.4 Å². The van der Waals surface area contributed by atoms with Gasteiger partial charge in [0, 0.05) is 6.42 Å². The van der Waals surface area contributed by atoms with E-state index in [2.05, 4.69) is 43.5 Å². The number of aliphatic hydroxyl groups excluding tert-OH is 1. The number of hydrogen-bond acceptors (Lipinski definition) is 5. The van der Waals surface area contributed by atoms with Gasteiger partial charge in [0.25, 0.3) is 0 Å². The Morgan fingerprint density at radius 2 is 1.36 bits per heavy atom. The Hall–Kier alpha value is -1.28. The Morgan fingerprint density at radius 3 is 2.00 bits per heavy atom. The van der Waals surface area contributed by atoms with Gasteiger partial charge in [0.1, 0.15) is 13.2 Å². The molecule has 1 amide bonds. The molecule has 0 bridgehead atoms. The summed E-state index contributed by atoms with van der Waals surface area (Å²) < 4.78 is 23.2. The van der Waals surface area contributed by atoms with Crippen LogP contribution < -0.4 is 5.32 Å². The number of aliphatic hydroxyl groups is 1. The molecule has 9 heteroatoms. The number of carbonyl (C=O) groups is 1. The van der Waals surface area contributed by atoms with Crippen LogP contribution in [0.4, 0.5) is 0 Å². The van der Waals surface area contributed by atoms with Crippen LogP contribution in [0, 0.1) is 0 Å². The predicted octanol–water partition coefficient (Wildman–Crippen LogP) is 7.62. The zero-order valence-electron chi connectivity index (χ0n) is 27.5. The maximum Gasteiger partial charge on any atom is 0.472 e. The lowest BCUT2D eigenvalue weighted by Crippen LogP contribution is -2.45. The molecule has 0 heterocycles. The molecule has 0 aliphatic heterocycles. The van der Waals surface area contributed by atoms with Crippen molar-refractivity contribution in [2.24, 2.45) is 0 Å².